The van der Waals surface area contributed by atoms with Crippen LogP contribution in [0.15, 0.2) is 28.5 Å². The van der Waals surface area contributed by atoms with Gasteiger partial charge in [0.15, 0.2) is 5.13 Å². The van der Waals surface area contributed by atoms with Gasteiger partial charge in [-0.2, -0.15) is 4.31 Å². The Bertz CT molecular complexity index is 1140. The second-order valence-electron chi connectivity index (χ2n) is 6.98. The third-order valence-corrected chi connectivity index (χ3v) is 8.72. The number of hydrogen-bond donors (Lipinski definition) is 1. The van der Waals surface area contributed by atoms with E-state index in [2.05, 4.69) is 16.4 Å². The summed E-state index contributed by atoms with van der Waals surface area (Å²) in [5.41, 5.74) is 3.05. The van der Waals surface area contributed by atoms with Gasteiger partial charge in [-0.3, -0.25) is 10.1 Å². The number of thiophene rings is 1. The van der Waals surface area contributed by atoms with E-state index in [0.29, 0.717) is 18.2 Å². The summed E-state index contributed by atoms with van der Waals surface area (Å²) in [6.07, 6.45) is 2.75. The molecule has 1 amide bonds. The van der Waals surface area contributed by atoms with Crippen molar-refractivity contribution < 1.29 is 13.2 Å². The van der Waals surface area contributed by atoms with Crippen LogP contribution < -0.4 is 5.32 Å². The van der Waals surface area contributed by atoms with Gasteiger partial charge in [-0.1, -0.05) is 23.8 Å². The zero-order valence-corrected chi connectivity index (χ0v) is 18.1. The highest BCUT2D eigenvalue weighted by Gasteiger charge is 2.31. The maximum absolute atomic E-state index is 13.0. The first-order chi connectivity index (χ1) is 13.4. The molecule has 1 aliphatic rings. The topological polar surface area (TPSA) is 79.4 Å². The Kier molecular flexibility index (Phi) is 5.26. The van der Waals surface area contributed by atoms with E-state index in [9.17, 15) is 13.2 Å². The van der Waals surface area contributed by atoms with Crippen LogP contribution in [0.25, 0.3) is 10.2 Å². The zero-order chi connectivity index (χ0) is 19.9. The van der Waals surface area contributed by atoms with Gasteiger partial charge >= 0.3 is 0 Å². The number of hydrogen-bond acceptors (Lipinski definition) is 6. The molecule has 1 aliphatic heterocycles. The summed E-state index contributed by atoms with van der Waals surface area (Å²) in [7, 11) is -3.66. The lowest BCUT2D eigenvalue weighted by molar-refractivity contribution is 0.102. The number of nitrogens with one attached hydrogen (secondary N) is 1. The van der Waals surface area contributed by atoms with Crippen LogP contribution in [-0.2, 0) is 10.0 Å². The normalized spacial score (nSPS) is 15.8. The molecule has 0 aliphatic carbocycles. The summed E-state index contributed by atoms with van der Waals surface area (Å²) in [4.78, 5) is 17.6. The van der Waals surface area contributed by atoms with E-state index >= 15 is 0 Å². The van der Waals surface area contributed by atoms with Gasteiger partial charge < -0.3 is 0 Å². The average molecular weight is 436 g/mol. The van der Waals surface area contributed by atoms with Crippen LogP contribution in [0, 0.1) is 13.8 Å². The summed E-state index contributed by atoms with van der Waals surface area (Å²) in [6, 6.07) is 5.61. The lowest BCUT2D eigenvalue weighted by Crippen LogP contribution is -2.36. The number of thiazole rings is 1. The summed E-state index contributed by atoms with van der Waals surface area (Å²) >= 11 is 2.53. The number of carbonyl (C=O) groups is 1. The minimum absolute atomic E-state index is 0.0880. The SMILES string of the molecule is Cc1cc(C)c2nc(NC(=O)c3sccc3S(=O)(=O)N3CCCCC3)sc2c1. The van der Waals surface area contributed by atoms with Gasteiger partial charge in [-0.15, -0.1) is 11.3 Å². The minimum Gasteiger partial charge on any atom is -0.297 e. The number of benzene rings is 1. The molecule has 0 spiro atoms. The molecule has 4 rings (SSSR count). The molecule has 3 heterocycles. The van der Waals surface area contributed by atoms with Crippen molar-refractivity contribution in [3.8, 4) is 0 Å². The molecule has 0 unspecified atom stereocenters. The molecule has 1 aromatic carbocycles. The predicted octanol–water partition coefficient (Wildman–Crippen LogP) is 4.40. The molecule has 28 heavy (non-hydrogen) atoms. The maximum Gasteiger partial charge on any atom is 0.268 e. The number of aryl methyl sites for hydroxylation is 2. The van der Waals surface area contributed by atoms with Crippen molar-refractivity contribution in [2.24, 2.45) is 0 Å². The number of anilines is 1. The molecular weight excluding hydrogens is 414 g/mol. The number of aromatic nitrogens is 1. The van der Waals surface area contributed by atoms with Crippen LogP contribution >= 0.6 is 22.7 Å². The molecule has 2 aromatic heterocycles. The molecule has 148 valence electrons. The number of nitrogens with zero attached hydrogens (tertiary/aromatic N) is 2. The van der Waals surface area contributed by atoms with Crippen LogP contribution in [0.4, 0.5) is 5.13 Å². The fourth-order valence-electron chi connectivity index (χ4n) is 3.49. The van der Waals surface area contributed by atoms with E-state index in [1.807, 2.05) is 19.9 Å². The zero-order valence-electron chi connectivity index (χ0n) is 15.7. The molecule has 1 saturated heterocycles. The standard InChI is InChI=1S/C19H21N3O3S3/c1-12-10-13(2)16-14(11-12)27-19(20-16)21-18(23)17-15(6-9-26-17)28(24,25)22-7-4-3-5-8-22/h6,9-11H,3-5,7-8H2,1-2H3,(H,20,21,23). The Morgan fingerprint density at radius 2 is 1.93 bits per heavy atom. The molecule has 1 fully saturated rings. The van der Waals surface area contributed by atoms with Gasteiger partial charge in [0.2, 0.25) is 10.0 Å². The predicted molar refractivity (Wildman–Crippen MR) is 114 cm³/mol. The molecule has 0 atom stereocenters. The second kappa shape index (κ2) is 7.55. The van der Waals surface area contributed by atoms with Gasteiger partial charge in [0, 0.05) is 13.1 Å². The Morgan fingerprint density at radius 1 is 1.18 bits per heavy atom. The van der Waals surface area contributed by atoms with E-state index in [1.54, 1.807) is 5.38 Å². The number of piperidine rings is 1. The van der Waals surface area contributed by atoms with E-state index in [4.69, 9.17) is 0 Å². The third kappa shape index (κ3) is 3.59. The molecule has 3 aromatic rings. The van der Waals surface area contributed by atoms with Crippen molar-refractivity contribution in [1.29, 1.82) is 0 Å². The van der Waals surface area contributed by atoms with E-state index in [1.165, 1.54) is 21.7 Å². The number of sulfonamides is 1. The first-order valence-electron chi connectivity index (χ1n) is 9.13. The molecule has 0 radical (unpaired) electrons. The Hall–Kier alpha value is -1.81. The highest BCUT2D eigenvalue weighted by atomic mass is 32.2. The number of amides is 1. The lowest BCUT2D eigenvalue weighted by atomic mass is 10.1. The quantitative estimate of drug-likeness (QED) is 0.659. The van der Waals surface area contributed by atoms with Crippen molar-refractivity contribution >= 4 is 54.0 Å². The summed E-state index contributed by atoms with van der Waals surface area (Å²) in [5.74, 6) is -0.431. The van der Waals surface area contributed by atoms with Gasteiger partial charge in [-0.25, -0.2) is 13.4 Å². The van der Waals surface area contributed by atoms with Crippen molar-refractivity contribution in [3.63, 3.8) is 0 Å². The van der Waals surface area contributed by atoms with E-state index in [0.717, 1.165) is 51.9 Å². The largest absolute Gasteiger partial charge is 0.297 e. The Balaban J connectivity index is 1.62. The summed E-state index contributed by atoms with van der Waals surface area (Å²) in [6.45, 7) is 5.03. The summed E-state index contributed by atoms with van der Waals surface area (Å²) in [5, 5.41) is 4.92. The number of rotatable bonds is 4. The average Bonchev–Trinajstić information content (AvgIpc) is 3.29. The Morgan fingerprint density at radius 3 is 2.68 bits per heavy atom. The molecule has 1 N–H and O–H groups in total. The first kappa shape index (κ1) is 19.5. The van der Waals surface area contributed by atoms with Crippen LogP contribution in [0.1, 0.15) is 40.1 Å². The first-order valence-corrected chi connectivity index (χ1v) is 12.3. The molecule has 9 heteroatoms. The molecule has 6 nitrogen and oxygen atoms in total. The van der Waals surface area contributed by atoms with Crippen LogP contribution in [0.5, 0.6) is 0 Å². The van der Waals surface area contributed by atoms with E-state index < -0.39 is 15.9 Å². The highest BCUT2D eigenvalue weighted by molar-refractivity contribution is 7.89. The lowest BCUT2D eigenvalue weighted by Gasteiger charge is -2.25. The van der Waals surface area contributed by atoms with Crippen molar-refractivity contribution in [1.82, 2.24) is 9.29 Å². The smallest absolute Gasteiger partial charge is 0.268 e. The van der Waals surface area contributed by atoms with Crippen molar-refractivity contribution in [2.45, 2.75) is 38.0 Å². The monoisotopic (exact) mass is 435 g/mol. The van der Waals surface area contributed by atoms with Crippen LogP contribution in [0.2, 0.25) is 0 Å². The number of fused-ring (bicyclic) bond motifs is 1. The molecule has 0 saturated carbocycles. The summed E-state index contributed by atoms with van der Waals surface area (Å²) < 4.78 is 28.5. The van der Waals surface area contributed by atoms with Crippen LogP contribution in [-0.4, -0.2) is 36.7 Å². The van der Waals surface area contributed by atoms with E-state index in [-0.39, 0.29) is 9.77 Å². The Labute approximate surface area is 172 Å². The van der Waals surface area contributed by atoms with Gasteiger partial charge in [-0.05, 0) is 55.3 Å². The van der Waals surface area contributed by atoms with Gasteiger partial charge in [0.1, 0.15) is 9.77 Å². The second-order valence-corrected chi connectivity index (χ2v) is 10.8. The fraction of sp³-hybridized carbons (Fsp3) is 0.368. The third-order valence-electron chi connectivity index (χ3n) is 4.82. The molecule has 0 bridgehead atoms. The van der Waals surface area contributed by atoms with Gasteiger partial charge in [0.25, 0.3) is 5.91 Å². The maximum atomic E-state index is 13.0. The van der Waals surface area contributed by atoms with Crippen molar-refractivity contribution in [2.75, 3.05) is 18.4 Å². The fourth-order valence-corrected chi connectivity index (χ4v) is 7.34. The van der Waals surface area contributed by atoms with Gasteiger partial charge in [0.05, 0.1) is 10.2 Å². The highest BCUT2D eigenvalue weighted by Crippen LogP contribution is 2.31. The number of carbonyl (C=O) groups excluding carboxylic acids is 1. The van der Waals surface area contributed by atoms with Crippen LogP contribution in [0.3, 0.4) is 0 Å². The molecular formula is C19H21N3O3S3. The van der Waals surface area contributed by atoms with Crippen molar-refractivity contribution in [3.05, 3.63) is 39.6 Å². The minimum atomic E-state index is -3.66.